The molecule has 9 nitrogen and oxygen atoms in total. The first-order valence-corrected chi connectivity index (χ1v) is 6.68. The van der Waals surface area contributed by atoms with E-state index in [9.17, 15) is 14.4 Å². The van der Waals surface area contributed by atoms with Gasteiger partial charge in [-0.1, -0.05) is 0 Å². The van der Waals surface area contributed by atoms with E-state index in [0.717, 1.165) is 0 Å². The lowest BCUT2D eigenvalue weighted by atomic mass is 10.2. The van der Waals surface area contributed by atoms with Crippen molar-refractivity contribution in [2.45, 2.75) is 19.4 Å². The number of carbonyl (C=O) groups is 3. The molecular formula is C14H16N4O5. The molecule has 122 valence electrons. The number of pyridine rings is 1. The Bertz CT molecular complexity index is 783. The highest BCUT2D eigenvalue weighted by Gasteiger charge is 2.26. The second-order valence-corrected chi connectivity index (χ2v) is 4.85. The van der Waals surface area contributed by atoms with E-state index in [1.165, 1.54) is 11.5 Å². The molecule has 1 atom stereocenters. The smallest absolute Gasteiger partial charge is 0.326 e. The lowest BCUT2D eigenvalue weighted by Gasteiger charge is -2.13. The van der Waals surface area contributed by atoms with Gasteiger partial charge in [-0.15, -0.1) is 0 Å². The average Bonchev–Trinajstić information content (AvgIpc) is 2.81. The maximum absolute atomic E-state index is 12.4. The van der Waals surface area contributed by atoms with Crippen LogP contribution in [-0.4, -0.2) is 45.4 Å². The fourth-order valence-electron chi connectivity index (χ4n) is 2.22. The fraction of sp³-hybridized carbons (Fsp3) is 0.286. The minimum Gasteiger partial charge on any atom is -0.493 e. The lowest BCUT2D eigenvalue weighted by molar-refractivity contribution is -0.140. The van der Waals surface area contributed by atoms with Gasteiger partial charge in [0.05, 0.1) is 19.2 Å². The van der Waals surface area contributed by atoms with E-state index in [4.69, 9.17) is 15.6 Å². The summed E-state index contributed by atoms with van der Waals surface area (Å²) >= 11 is 0. The molecule has 2 amide bonds. The van der Waals surface area contributed by atoms with E-state index in [1.807, 2.05) is 0 Å². The van der Waals surface area contributed by atoms with Crippen LogP contribution < -0.4 is 15.8 Å². The van der Waals surface area contributed by atoms with Gasteiger partial charge in [0.2, 0.25) is 5.91 Å². The van der Waals surface area contributed by atoms with Crippen LogP contribution >= 0.6 is 0 Å². The van der Waals surface area contributed by atoms with Gasteiger partial charge in [-0.2, -0.15) is 0 Å². The number of carbonyl (C=O) groups excluding carboxylic acids is 2. The Kier molecular flexibility index (Phi) is 4.49. The molecule has 23 heavy (non-hydrogen) atoms. The Morgan fingerprint density at radius 3 is 2.74 bits per heavy atom. The molecule has 9 heteroatoms. The van der Waals surface area contributed by atoms with Crippen molar-refractivity contribution >= 4 is 23.4 Å². The summed E-state index contributed by atoms with van der Waals surface area (Å²) in [5.41, 5.74) is 5.99. The first-order chi connectivity index (χ1) is 10.8. The summed E-state index contributed by atoms with van der Waals surface area (Å²) < 4.78 is 6.67. The van der Waals surface area contributed by atoms with Gasteiger partial charge in [0, 0.05) is 6.20 Å². The molecule has 2 rings (SSSR count). The number of carboxylic acids is 1. The number of aliphatic carboxylic acids is 1. The van der Waals surface area contributed by atoms with Crippen LogP contribution in [0.2, 0.25) is 0 Å². The third-order valence-corrected chi connectivity index (χ3v) is 3.23. The number of methoxy groups -OCH3 is 1. The number of nitrogens with zero attached hydrogens (tertiary/aromatic N) is 2. The monoisotopic (exact) mass is 320 g/mol. The number of aryl methyl sites for hydroxylation is 1. The molecule has 0 fully saturated rings. The third kappa shape index (κ3) is 3.23. The summed E-state index contributed by atoms with van der Waals surface area (Å²) in [6.07, 6.45) is 1.11. The Morgan fingerprint density at radius 2 is 2.17 bits per heavy atom. The maximum atomic E-state index is 12.4. The van der Waals surface area contributed by atoms with Crippen molar-refractivity contribution in [2.75, 3.05) is 7.11 Å². The number of ether oxygens (including phenoxy) is 1. The quantitative estimate of drug-likeness (QED) is 0.669. The minimum atomic E-state index is -1.41. The Labute approximate surface area is 131 Å². The van der Waals surface area contributed by atoms with Gasteiger partial charge in [0.25, 0.3) is 5.91 Å². The zero-order valence-corrected chi connectivity index (χ0v) is 12.6. The van der Waals surface area contributed by atoms with E-state index in [-0.39, 0.29) is 5.69 Å². The van der Waals surface area contributed by atoms with Gasteiger partial charge < -0.3 is 20.9 Å². The third-order valence-electron chi connectivity index (χ3n) is 3.23. The van der Waals surface area contributed by atoms with Gasteiger partial charge in [0.1, 0.15) is 11.7 Å². The summed E-state index contributed by atoms with van der Waals surface area (Å²) in [6, 6.07) is 1.95. The van der Waals surface area contributed by atoms with Crippen LogP contribution in [0.25, 0.3) is 5.65 Å². The summed E-state index contributed by atoms with van der Waals surface area (Å²) in [5, 5.41) is 11.3. The van der Waals surface area contributed by atoms with Crippen molar-refractivity contribution in [3.05, 3.63) is 29.7 Å². The number of imidazole rings is 1. The molecule has 0 radical (unpaired) electrons. The second-order valence-electron chi connectivity index (χ2n) is 4.85. The van der Waals surface area contributed by atoms with Crippen LogP contribution in [-0.2, 0) is 9.59 Å². The molecule has 0 bridgehead atoms. The predicted molar refractivity (Wildman–Crippen MR) is 79.2 cm³/mol. The number of rotatable bonds is 6. The molecular weight excluding hydrogens is 304 g/mol. The summed E-state index contributed by atoms with van der Waals surface area (Å²) in [5.74, 6) is -2.37. The van der Waals surface area contributed by atoms with Crippen molar-refractivity contribution < 1.29 is 24.2 Å². The molecule has 2 aromatic heterocycles. The van der Waals surface area contributed by atoms with Gasteiger partial charge in [-0.05, 0) is 19.1 Å². The molecule has 2 aromatic rings. The number of primary amides is 1. The Hall–Kier alpha value is -3.10. The maximum Gasteiger partial charge on any atom is 0.326 e. The minimum absolute atomic E-state index is 0.162. The molecule has 1 unspecified atom stereocenters. The number of hydrogen-bond acceptors (Lipinski definition) is 5. The first kappa shape index (κ1) is 16.3. The molecule has 0 saturated carbocycles. The largest absolute Gasteiger partial charge is 0.493 e. The number of nitrogens with two attached hydrogens (primary N) is 1. The van der Waals surface area contributed by atoms with Crippen LogP contribution in [0.4, 0.5) is 0 Å². The molecule has 0 aliphatic carbocycles. The highest BCUT2D eigenvalue weighted by atomic mass is 16.5. The standard InChI is InChI=1S/C14H16N4O5/c1-7-11(13(20)17-8(14(21)22)6-10(15)19)18-5-3-4-9(23-2)12(18)16-7/h3-5,8H,6H2,1-2H3,(H2,15,19)(H,17,20)(H,21,22). The number of amides is 2. The molecule has 0 aliphatic heterocycles. The highest BCUT2D eigenvalue weighted by molar-refractivity contribution is 5.98. The van der Waals surface area contributed by atoms with Crippen LogP contribution in [0, 0.1) is 6.92 Å². The molecule has 4 N–H and O–H groups in total. The highest BCUT2D eigenvalue weighted by Crippen LogP contribution is 2.21. The SMILES string of the molecule is COc1cccn2c(C(=O)NC(CC(N)=O)C(=O)O)c(C)nc12. The van der Waals surface area contributed by atoms with Gasteiger partial charge >= 0.3 is 5.97 Å². The number of fused-ring (bicyclic) bond motifs is 1. The summed E-state index contributed by atoms with van der Waals surface area (Å²) in [4.78, 5) is 38.7. The van der Waals surface area contributed by atoms with Gasteiger partial charge in [0.15, 0.2) is 11.4 Å². The fourth-order valence-corrected chi connectivity index (χ4v) is 2.22. The predicted octanol–water partition coefficient (Wildman–Crippen LogP) is -0.290. The van der Waals surface area contributed by atoms with Crippen molar-refractivity contribution in [3.63, 3.8) is 0 Å². The first-order valence-electron chi connectivity index (χ1n) is 6.68. The molecule has 2 heterocycles. The Morgan fingerprint density at radius 1 is 1.48 bits per heavy atom. The average molecular weight is 320 g/mol. The summed E-state index contributed by atoms with van der Waals surface area (Å²) in [7, 11) is 1.48. The number of aromatic nitrogens is 2. The van der Waals surface area contributed by atoms with E-state index in [0.29, 0.717) is 17.1 Å². The van der Waals surface area contributed by atoms with Crippen LogP contribution in [0.15, 0.2) is 18.3 Å². The van der Waals surface area contributed by atoms with Crippen molar-refractivity contribution in [2.24, 2.45) is 5.73 Å². The normalized spacial score (nSPS) is 11.9. The van der Waals surface area contributed by atoms with Gasteiger partial charge in [-0.3, -0.25) is 14.0 Å². The van der Waals surface area contributed by atoms with Gasteiger partial charge in [-0.25, -0.2) is 9.78 Å². The van der Waals surface area contributed by atoms with Crippen LogP contribution in [0.1, 0.15) is 22.6 Å². The molecule has 0 saturated heterocycles. The van der Waals surface area contributed by atoms with Crippen LogP contribution in [0.5, 0.6) is 5.75 Å². The summed E-state index contributed by atoms with van der Waals surface area (Å²) in [6.45, 7) is 1.62. The zero-order valence-electron chi connectivity index (χ0n) is 12.6. The van der Waals surface area contributed by atoms with E-state index >= 15 is 0 Å². The van der Waals surface area contributed by atoms with Crippen LogP contribution in [0.3, 0.4) is 0 Å². The van der Waals surface area contributed by atoms with Crippen molar-refractivity contribution in [1.82, 2.24) is 14.7 Å². The van der Waals surface area contributed by atoms with Crippen molar-refractivity contribution in [1.29, 1.82) is 0 Å². The molecule has 0 aliphatic rings. The number of hydrogen-bond donors (Lipinski definition) is 3. The Balaban J connectivity index is 2.39. The number of carboxylic acid groups (broad SMARTS) is 1. The van der Waals surface area contributed by atoms with Crippen molar-refractivity contribution in [3.8, 4) is 5.75 Å². The molecule has 0 aromatic carbocycles. The van der Waals surface area contributed by atoms with E-state index in [2.05, 4.69) is 10.3 Å². The second kappa shape index (κ2) is 6.34. The zero-order chi connectivity index (χ0) is 17.1. The topological polar surface area (TPSA) is 136 Å². The lowest BCUT2D eigenvalue weighted by Crippen LogP contribution is -2.43. The van der Waals surface area contributed by atoms with E-state index < -0.39 is 30.2 Å². The number of nitrogens with one attached hydrogen (secondary N) is 1. The molecule has 0 spiro atoms. The van der Waals surface area contributed by atoms with E-state index in [1.54, 1.807) is 25.3 Å².